The molecule has 14 rings (SSSR count). The Kier molecular flexibility index (Phi) is 10.5. The third kappa shape index (κ3) is 7.06. The molecule has 4 aliphatic heterocycles. The second kappa shape index (κ2) is 17.1. The van der Waals surface area contributed by atoms with Gasteiger partial charge in [0.05, 0.1) is 0 Å². The van der Waals surface area contributed by atoms with Gasteiger partial charge in [-0.2, -0.15) is 0 Å². The van der Waals surface area contributed by atoms with Crippen molar-refractivity contribution in [1.82, 2.24) is 0 Å². The fraction of sp³-hybridized carbons (Fsp3) is 0.156. The molecule has 0 radical (unpaired) electrons. The molecule has 72 heavy (non-hydrogen) atoms. The first-order chi connectivity index (χ1) is 35.2. The van der Waals surface area contributed by atoms with Crippen molar-refractivity contribution in [1.29, 1.82) is 0 Å². The van der Waals surface area contributed by atoms with Gasteiger partial charge in [0.25, 0.3) is 0 Å². The number of rotatable bonds is 8. The monoisotopic (exact) mass is 1060 g/mol. The molecule has 2 saturated heterocycles. The van der Waals surface area contributed by atoms with Gasteiger partial charge >= 0.3 is 429 Å². The molecule has 352 valence electrons. The molecule has 0 spiro atoms. The van der Waals surface area contributed by atoms with Gasteiger partial charge in [0, 0.05) is 0 Å². The predicted octanol–water partition coefficient (Wildman–Crippen LogP) is 13.8. The van der Waals surface area contributed by atoms with E-state index in [-0.39, 0.29) is 12.6 Å². The molecular weight excluding hydrogens is 1010 g/mol. The third-order valence-corrected chi connectivity index (χ3v) is 30.8. The Labute approximate surface area is 426 Å². The zero-order chi connectivity index (χ0) is 48.3. The van der Waals surface area contributed by atoms with Gasteiger partial charge in [0.1, 0.15) is 0 Å². The number of fused-ring (bicyclic) bond motifs is 9. The van der Waals surface area contributed by atoms with Crippen LogP contribution in [0.5, 0.6) is 0 Å². The van der Waals surface area contributed by atoms with Crippen LogP contribution >= 0.6 is 0 Å². The van der Waals surface area contributed by atoms with Crippen LogP contribution in [0.3, 0.4) is 0 Å². The predicted molar refractivity (Wildman–Crippen MR) is 302 cm³/mol. The van der Waals surface area contributed by atoms with Crippen LogP contribution in [-0.2, 0) is 18.9 Å². The molecule has 0 atom stereocenters. The molecule has 0 unspecified atom stereocenters. The normalized spacial score (nSPS) is 16.6. The van der Waals surface area contributed by atoms with E-state index in [0.717, 1.165) is 33.9 Å². The molecule has 0 saturated carbocycles. The fourth-order valence-corrected chi connectivity index (χ4v) is 25.2. The minimum atomic E-state index is -2.84. The summed E-state index contributed by atoms with van der Waals surface area (Å²) < 4.78 is 29.7. The number of ether oxygens (including phenoxy) is 4. The zero-order valence-electron chi connectivity index (χ0n) is 41.0. The quantitative estimate of drug-likeness (QED) is 0.141. The molecule has 10 aromatic carbocycles. The van der Waals surface area contributed by atoms with E-state index < -0.39 is 26.5 Å². The molecule has 2 fully saturated rings. The molecule has 4 aliphatic rings. The SMILES string of the molecule is [CH3][Ge]1([CH3])[c]2cc(N(c3ccc(C4OCCO4)cc3)c3cccc4ccccc34)ccc2-c2cc3c[c]4c(cc3c[c]21)-c1ccc(N(c2ccc(C3OCCO3)cc2)c2cccc3ccccc23)c[c]1[Ge]4([CH3])[CH3]. The molecular formula is C64H54Ge2N2O4. The zero-order valence-corrected chi connectivity index (χ0v) is 45.2. The van der Waals surface area contributed by atoms with Crippen molar-refractivity contribution < 1.29 is 18.9 Å². The number of anilines is 6. The topological polar surface area (TPSA) is 43.4 Å². The summed E-state index contributed by atoms with van der Waals surface area (Å²) in [6.07, 6.45) is -0.627. The van der Waals surface area contributed by atoms with Crippen LogP contribution in [-0.4, -0.2) is 53.0 Å². The third-order valence-electron chi connectivity index (χ3n) is 16.0. The summed E-state index contributed by atoms with van der Waals surface area (Å²) in [5.41, 5.74) is 14.6. The second-order valence-corrected chi connectivity index (χ2v) is 39.0. The standard InChI is InChI=1S/C64H54Ge2N2O4/c1-65(2)57-37-45-36-56-54-30-28-50(68(62-18-10-14-42-12-6-8-16-52(42)62)48-25-21-44(22-26-48)64-71-33-34-72-64)40-60(54)66(3,4)58(56)38-46(45)35-55(57)53-29-27-49(39-59(53)65)67(61-17-9-13-41-11-5-7-15-51(41)61)47-23-19-43(20-24-47)63-69-31-32-70-63/h5-30,35-40,63-64H,31-34H2,1-4H3. The number of hydrogen-bond acceptors (Lipinski definition) is 6. The van der Waals surface area contributed by atoms with E-state index in [1.807, 2.05) is 0 Å². The van der Waals surface area contributed by atoms with Crippen molar-refractivity contribution in [3.8, 4) is 22.3 Å². The van der Waals surface area contributed by atoms with Gasteiger partial charge in [0.15, 0.2) is 0 Å². The Morgan fingerprint density at radius 1 is 0.333 bits per heavy atom. The first-order valence-electron chi connectivity index (χ1n) is 25.3. The summed E-state index contributed by atoms with van der Waals surface area (Å²) in [4.78, 5) is 4.89. The van der Waals surface area contributed by atoms with Gasteiger partial charge in [-0.05, 0) is 0 Å². The average molecular weight is 1060 g/mol. The summed E-state index contributed by atoms with van der Waals surface area (Å²) in [6, 6.07) is 73.1. The van der Waals surface area contributed by atoms with Crippen LogP contribution in [0.15, 0.2) is 194 Å². The van der Waals surface area contributed by atoms with Crippen molar-refractivity contribution in [2.75, 3.05) is 36.2 Å². The maximum absolute atomic E-state index is 5.88. The van der Waals surface area contributed by atoms with Crippen LogP contribution in [0.25, 0.3) is 54.6 Å². The van der Waals surface area contributed by atoms with Gasteiger partial charge in [-0.3, -0.25) is 0 Å². The van der Waals surface area contributed by atoms with Gasteiger partial charge in [-0.25, -0.2) is 0 Å². The number of benzene rings is 10. The Morgan fingerprint density at radius 3 is 1.11 bits per heavy atom. The van der Waals surface area contributed by atoms with Crippen molar-refractivity contribution in [2.24, 2.45) is 0 Å². The van der Waals surface area contributed by atoms with Crippen LogP contribution in [0, 0.1) is 0 Å². The Morgan fingerprint density at radius 2 is 0.694 bits per heavy atom. The van der Waals surface area contributed by atoms with E-state index in [2.05, 4.69) is 227 Å². The number of hydrogen-bond donors (Lipinski definition) is 0. The second-order valence-electron chi connectivity index (χ2n) is 20.8. The van der Waals surface area contributed by atoms with Gasteiger partial charge < -0.3 is 0 Å². The molecule has 0 aromatic heterocycles. The molecule has 0 aliphatic carbocycles. The average Bonchev–Trinajstić information content (AvgIpc) is 4.24. The van der Waals surface area contributed by atoms with E-state index in [4.69, 9.17) is 18.9 Å². The maximum atomic E-state index is 5.88. The summed E-state index contributed by atoms with van der Waals surface area (Å²) in [5, 5.41) is 7.57. The first kappa shape index (κ1) is 44.2. The molecule has 0 N–H and O–H groups in total. The molecule has 4 heterocycles. The van der Waals surface area contributed by atoms with E-state index in [1.54, 1.807) is 8.79 Å². The summed E-state index contributed by atoms with van der Waals surface area (Å²) >= 11 is -5.69. The molecule has 6 nitrogen and oxygen atoms in total. The molecule has 10 aromatic rings. The Balaban J connectivity index is 0.850. The van der Waals surface area contributed by atoms with Crippen LogP contribution in [0.1, 0.15) is 23.7 Å². The molecule has 8 heteroatoms. The molecule has 0 bridgehead atoms. The Bertz CT molecular complexity index is 3540. The Hall–Kier alpha value is -6.49. The van der Waals surface area contributed by atoms with Crippen molar-refractivity contribution in [3.63, 3.8) is 0 Å². The molecule has 0 amide bonds. The van der Waals surface area contributed by atoms with Gasteiger partial charge in [-0.1, -0.05) is 0 Å². The van der Waals surface area contributed by atoms with Gasteiger partial charge in [-0.15, -0.1) is 0 Å². The minimum absolute atomic E-state index is 0.314. The van der Waals surface area contributed by atoms with Crippen LogP contribution in [0.2, 0.25) is 23.0 Å². The van der Waals surface area contributed by atoms with Crippen molar-refractivity contribution in [3.05, 3.63) is 205 Å². The summed E-state index contributed by atoms with van der Waals surface area (Å²) in [6.45, 7) is 2.49. The van der Waals surface area contributed by atoms with Gasteiger partial charge in [0.2, 0.25) is 0 Å². The van der Waals surface area contributed by atoms with E-state index in [9.17, 15) is 0 Å². The van der Waals surface area contributed by atoms with E-state index in [0.29, 0.717) is 26.4 Å². The first-order valence-corrected chi connectivity index (χ1v) is 37.9. The fourth-order valence-electron chi connectivity index (χ4n) is 12.3. The van der Waals surface area contributed by atoms with Crippen LogP contribution in [0.4, 0.5) is 34.1 Å². The number of nitrogens with zero attached hydrogens (tertiary/aromatic N) is 2. The van der Waals surface area contributed by atoms with Crippen LogP contribution < -0.4 is 27.4 Å². The van der Waals surface area contributed by atoms with Crippen molar-refractivity contribution >= 4 is 111 Å². The van der Waals surface area contributed by atoms with E-state index in [1.165, 1.54) is 74.7 Å². The summed E-state index contributed by atoms with van der Waals surface area (Å²) in [7, 11) is 0. The van der Waals surface area contributed by atoms with Crippen molar-refractivity contribution in [2.45, 2.75) is 35.6 Å². The van der Waals surface area contributed by atoms with E-state index >= 15 is 0 Å². The summed E-state index contributed by atoms with van der Waals surface area (Å²) in [5.74, 6) is 10.4.